The molecule has 0 bridgehead atoms. The summed E-state index contributed by atoms with van der Waals surface area (Å²) in [6.45, 7) is 4.46. The first-order valence-corrected chi connectivity index (χ1v) is 8.62. The number of aromatic nitrogens is 2. The van der Waals surface area contributed by atoms with E-state index >= 15 is 0 Å². The second kappa shape index (κ2) is 8.31. The van der Waals surface area contributed by atoms with Gasteiger partial charge >= 0.3 is 0 Å². The summed E-state index contributed by atoms with van der Waals surface area (Å²) >= 11 is 0. The van der Waals surface area contributed by atoms with Crippen molar-refractivity contribution in [3.63, 3.8) is 0 Å². The molecule has 3 aromatic rings. The fourth-order valence-corrected chi connectivity index (χ4v) is 2.70. The van der Waals surface area contributed by atoms with Gasteiger partial charge in [0, 0.05) is 12.6 Å². The number of benzene rings is 2. The lowest BCUT2D eigenvalue weighted by Gasteiger charge is -2.12. The highest BCUT2D eigenvalue weighted by atomic mass is 16.5. The van der Waals surface area contributed by atoms with Gasteiger partial charge in [-0.3, -0.25) is 4.79 Å². The van der Waals surface area contributed by atoms with Crippen molar-refractivity contribution in [2.45, 2.75) is 20.4 Å². The summed E-state index contributed by atoms with van der Waals surface area (Å²) in [5.74, 6) is 0.970. The van der Waals surface area contributed by atoms with Crippen LogP contribution in [-0.2, 0) is 6.54 Å². The van der Waals surface area contributed by atoms with Crippen LogP contribution < -0.4 is 15.4 Å². The number of nitrogens with one attached hydrogen (secondary N) is 2. The molecule has 3 rings (SSSR count). The second-order valence-electron chi connectivity index (χ2n) is 6.29. The van der Waals surface area contributed by atoms with Crippen molar-refractivity contribution >= 4 is 17.4 Å². The van der Waals surface area contributed by atoms with Crippen LogP contribution in [0.1, 0.15) is 27.2 Å². The summed E-state index contributed by atoms with van der Waals surface area (Å²) in [4.78, 5) is 20.7. The number of hydrogen-bond acceptors (Lipinski definition) is 5. The van der Waals surface area contributed by atoms with Crippen LogP contribution >= 0.6 is 0 Å². The predicted molar refractivity (Wildman–Crippen MR) is 105 cm³/mol. The Morgan fingerprint density at radius 1 is 1.04 bits per heavy atom. The molecule has 1 heterocycles. The number of carbonyl (C=O) groups is 1. The van der Waals surface area contributed by atoms with Gasteiger partial charge in [0.2, 0.25) is 0 Å². The zero-order valence-electron chi connectivity index (χ0n) is 15.6. The first-order chi connectivity index (χ1) is 13.0. The molecule has 0 unspecified atom stereocenters. The number of methoxy groups -OCH3 is 1. The maximum Gasteiger partial charge on any atom is 0.270 e. The van der Waals surface area contributed by atoms with Gasteiger partial charge in [0.05, 0.1) is 12.8 Å². The smallest absolute Gasteiger partial charge is 0.270 e. The number of ether oxygens (including phenoxy) is 1. The molecule has 0 aliphatic heterocycles. The third-order valence-electron chi connectivity index (χ3n) is 4.05. The van der Waals surface area contributed by atoms with Gasteiger partial charge in [0.15, 0.2) is 0 Å². The Morgan fingerprint density at radius 3 is 2.63 bits per heavy atom. The SMILES string of the molecule is COc1ccc(C)cc1Nc1cc(C(=O)NCc2cccc(C)c2)ncn1. The minimum atomic E-state index is -0.252. The molecule has 0 radical (unpaired) electrons. The van der Waals surface area contributed by atoms with Crippen LogP contribution in [0.5, 0.6) is 5.75 Å². The third kappa shape index (κ3) is 4.82. The first-order valence-electron chi connectivity index (χ1n) is 8.62. The summed E-state index contributed by atoms with van der Waals surface area (Å²) in [6, 6.07) is 15.4. The Kier molecular flexibility index (Phi) is 5.66. The van der Waals surface area contributed by atoms with Crippen LogP contribution in [0.15, 0.2) is 54.9 Å². The molecule has 0 aliphatic rings. The highest BCUT2D eigenvalue weighted by Crippen LogP contribution is 2.27. The Hall–Kier alpha value is -3.41. The van der Waals surface area contributed by atoms with Gasteiger partial charge in [-0.25, -0.2) is 9.97 Å². The van der Waals surface area contributed by atoms with E-state index in [1.54, 1.807) is 13.2 Å². The minimum Gasteiger partial charge on any atom is -0.495 e. The standard InChI is InChI=1S/C21H22N4O2/c1-14-5-4-6-16(9-14)12-22-21(26)18-11-20(24-13-23-18)25-17-10-15(2)7-8-19(17)27-3/h4-11,13H,12H2,1-3H3,(H,22,26)(H,23,24,25). The summed E-state index contributed by atoms with van der Waals surface area (Å²) in [7, 11) is 1.61. The zero-order chi connectivity index (χ0) is 19.2. The molecular formula is C21H22N4O2. The fraction of sp³-hybridized carbons (Fsp3) is 0.190. The van der Waals surface area contributed by atoms with E-state index in [2.05, 4.69) is 20.6 Å². The highest BCUT2D eigenvalue weighted by molar-refractivity contribution is 5.93. The molecular weight excluding hydrogens is 340 g/mol. The van der Waals surface area contributed by atoms with Crippen LogP contribution in [0.2, 0.25) is 0 Å². The molecule has 0 spiro atoms. The van der Waals surface area contributed by atoms with E-state index in [1.807, 2.05) is 56.3 Å². The van der Waals surface area contributed by atoms with Gasteiger partial charge in [-0.15, -0.1) is 0 Å². The van der Waals surface area contributed by atoms with Gasteiger partial charge in [-0.1, -0.05) is 35.9 Å². The van der Waals surface area contributed by atoms with Crippen molar-refractivity contribution in [3.05, 3.63) is 77.2 Å². The molecule has 0 fully saturated rings. The number of aryl methyl sites for hydroxylation is 2. The molecule has 1 amide bonds. The lowest BCUT2D eigenvalue weighted by molar-refractivity contribution is 0.0946. The number of amides is 1. The number of rotatable bonds is 6. The average molecular weight is 362 g/mol. The Bertz CT molecular complexity index is 956. The van der Waals surface area contributed by atoms with Gasteiger partial charge in [-0.2, -0.15) is 0 Å². The Morgan fingerprint density at radius 2 is 1.85 bits per heavy atom. The number of nitrogens with zero attached hydrogens (tertiary/aromatic N) is 2. The van der Waals surface area contributed by atoms with E-state index in [0.717, 1.165) is 22.4 Å². The van der Waals surface area contributed by atoms with Crippen molar-refractivity contribution in [1.29, 1.82) is 0 Å². The van der Waals surface area contributed by atoms with Gasteiger partial charge in [0.25, 0.3) is 5.91 Å². The molecule has 6 heteroatoms. The Labute approximate surface area is 158 Å². The molecule has 2 N–H and O–H groups in total. The largest absolute Gasteiger partial charge is 0.495 e. The Balaban J connectivity index is 1.71. The van der Waals surface area contributed by atoms with Crippen molar-refractivity contribution < 1.29 is 9.53 Å². The molecule has 0 atom stereocenters. The third-order valence-corrected chi connectivity index (χ3v) is 4.05. The summed E-state index contributed by atoms with van der Waals surface area (Å²) < 4.78 is 5.36. The molecule has 27 heavy (non-hydrogen) atoms. The second-order valence-corrected chi connectivity index (χ2v) is 6.29. The van der Waals surface area contributed by atoms with Crippen LogP contribution in [0.25, 0.3) is 0 Å². The van der Waals surface area contributed by atoms with Gasteiger partial charge in [-0.05, 0) is 37.1 Å². The lowest BCUT2D eigenvalue weighted by Crippen LogP contribution is -2.24. The molecule has 6 nitrogen and oxygen atoms in total. The van der Waals surface area contributed by atoms with Crippen molar-refractivity contribution in [2.75, 3.05) is 12.4 Å². The first kappa shape index (κ1) is 18.4. The summed E-state index contributed by atoms with van der Waals surface area (Å²) in [5, 5.41) is 6.07. The summed E-state index contributed by atoms with van der Waals surface area (Å²) in [5.41, 5.74) is 4.36. The maximum absolute atomic E-state index is 12.4. The predicted octanol–water partition coefficient (Wildman–Crippen LogP) is 3.78. The van der Waals surface area contributed by atoms with E-state index < -0.39 is 0 Å². The number of anilines is 2. The number of hydrogen-bond donors (Lipinski definition) is 2. The molecule has 138 valence electrons. The topological polar surface area (TPSA) is 76.1 Å². The molecule has 0 aliphatic carbocycles. The molecule has 0 saturated carbocycles. The molecule has 1 aromatic heterocycles. The normalized spacial score (nSPS) is 10.3. The van der Waals surface area contributed by atoms with Crippen LogP contribution in [-0.4, -0.2) is 23.0 Å². The van der Waals surface area contributed by atoms with E-state index in [4.69, 9.17) is 4.74 Å². The van der Waals surface area contributed by atoms with Gasteiger partial charge < -0.3 is 15.4 Å². The average Bonchev–Trinajstić information content (AvgIpc) is 2.66. The highest BCUT2D eigenvalue weighted by Gasteiger charge is 2.10. The van der Waals surface area contributed by atoms with Crippen LogP contribution in [0, 0.1) is 13.8 Å². The van der Waals surface area contributed by atoms with Crippen LogP contribution in [0.4, 0.5) is 11.5 Å². The minimum absolute atomic E-state index is 0.252. The van der Waals surface area contributed by atoms with E-state index in [9.17, 15) is 4.79 Å². The quantitative estimate of drug-likeness (QED) is 0.698. The zero-order valence-corrected chi connectivity index (χ0v) is 15.6. The van der Waals surface area contributed by atoms with Crippen molar-refractivity contribution in [3.8, 4) is 5.75 Å². The summed E-state index contributed by atoms with van der Waals surface area (Å²) in [6.07, 6.45) is 1.37. The van der Waals surface area contributed by atoms with E-state index in [0.29, 0.717) is 23.8 Å². The molecule has 2 aromatic carbocycles. The van der Waals surface area contributed by atoms with Crippen molar-refractivity contribution in [1.82, 2.24) is 15.3 Å². The lowest BCUT2D eigenvalue weighted by atomic mass is 10.1. The number of carbonyl (C=O) groups excluding carboxylic acids is 1. The van der Waals surface area contributed by atoms with E-state index in [-0.39, 0.29) is 5.91 Å². The fourth-order valence-electron chi connectivity index (χ4n) is 2.70. The monoisotopic (exact) mass is 362 g/mol. The van der Waals surface area contributed by atoms with E-state index in [1.165, 1.54) is 6.33 Å². The maximum atomic E-state index is 12.4. The molecule has 0 saturated heterocycles. The van der Waals surface area contributed by atoms with Crippen LogP contribution in [0.3, 0.4) is 0 Å². The van der Waals surface area contributed by atoms with Crippen molar-refractivity contribution in [2.24, 2.45) is 0 Å². The van der Waals surface area contributed by atoms with Gasteiger partial charge in [0.1, 0.15) is 23.6 Å².